The van der Waals surface area contributed by atoms with Crippen LogP contribution in [0.5, 0.6) is 0 Å². The highest BCUT2D eigenvalue weighted by atomic mass is 16.6. The van der Waals surface area contributed by atoms with E-state index in [0.717, 1.165) is 5.56 Å². The van der Waals surface area contributed by atoms with Crippen molar-refractivity contribution in [3.05, 3.63) is 35.9 Å². The van der Waals surface area contributed by atoms with Crippen LogP contribution >= 0.6 is 0 Å². The van der Waals surface area contributed by atoms with Gasteiger partial charge in [0, 0.05) is 5.56 Å². The van der Waals surface area contributed by atoms with Crippen molar-refractivity contribution in [3.8, 4) is 11.8 Å². The molecule has 0 bridgehead atoms. The molecule has 1 aliphatic rings. The summed E-state index contributed by atoms with van der Waals surface area (Å²) in [5.74, 6) is 5.72. The molecule has 0 radical (unpaired) electrons. The van der Waals surface area contributed by atoms with E-state index in [2.05, 4.69) is 11.8 Å². The molecule has 1 fully saturated rings. The average Bonchev–Trinajstić information content (AvgIpc) is 2.79. The zero-order chi connectivity index (χ0) is 18.0. The monoisotopic (exact) mass is 331 g/mol. The summed E-state index contributed by atoms with van der Waals surface area (Å²) in [6, 6.07) is 8.81. The Kier molecular flexibility index (Phi) is 5.22. The van der Waals surface area contributed by atoms with Gasteiger partial charge in [0.25, 0.3) is 0 Å². The lowest BCUT2D eigenvalue weighted by Gasteiger charge is -2.35. The topological polar surface area (TPSA) is 59.0 Å². The number of nitrogens with zero attached hydrogens (tertiary/aromatic N) is 1. The normalized spacial score (nSPS) is 20.9. The molecule has 0 saturated carbocycles. The van der Waals surface area contributed by atoms with Crippen LogP contribution < -0.4 is 0 Å². The van der Waals surface area contributed by atoms with Crippen LogP contribution in [0.3, 0.4) is 0 Å². The van der Waals surface area contributed by atoms with Crippen molar-refractivity contribution in [2.24, 2.45) is 0 Å². The Morgan fingerprint density at radius 3 is 2.58 bits per heavy atom. The fraction of sp³-hybridized carbons (Fsp3) is 0.526. The van der Waals surface area contributed by atoms with E-state index in [-0.39, 0.29) is 6.61 Å². The molecule has 1 N–H and O–H groups in total. The molecule has 1 aromatic rings. The van der Waals surface area contributed by atoms with E-state index in [9.17, 15) is 9.90 Å². The van der Waals surface area contributed by atoms with Gasteiger partial charge < -0.3 is 14.6 Å². The van der Waals surface area contributed by atoms with Gasteiger partial charge >= 0.3 is 6.09 Å². The average molecular weight is 331 g/mol. The Bertz CT molecular complexity index is 637. The number of benzene rings is 1. The first kappa shape index (κ1) is 18.3. The van der Waals surface area contributed by atoms with E-state index in [1.54, 1.807) is 34.6 Å². The number of carbonyl (C=O) groups is 1. The molecule has 24 heavy (non-hydrogen) atoms. The number of aliphatic hydroxyl groups excluding tert-OH is 1. The number of aliphatic hydroxyl groups is 1. The Morgan fingerprint density at radius 1 is 1.38 bits per heavy atom. The molecule has 1 aromatic carbocycles. The molecular formula is C19H25NO4. The van der Waals surface area contributed by atoms with E-state index in [4.69, 9.17) is 9.47 Å². The predicted molar refractivity (Wildman–Crippen MR) is 91.2 cm³/mol. The van der Waals surface area contributed by atoms with Gasteiger partial charge in [-0.1, -0.05) is 30.0 Å². The van der Waals surface area contributed by atoms with Gasteiger partial charge in [0.2, 0.25) is 0 Å². The third-order valence-corrected chi connectivity index (χ3v) is 3.61. The van der Waals surface area contributed by atoms with Crippen LogP contribution in [0.4, 0.5) is 4.79 Å². The summed E-state index contributed by atoms with van der Waals surface area (Å²) in [6.07, 6.45) is -1.55. The second-order valence-electron chi connectivity index (χ2n) is 7.26. The summed E-state index contributed by atoms with van der Waals surface area (Å²) in [6.45, 7) is 9.15. The van der Waals surface area contributed by atoms with Crippen LogP contribution in [-0.2, 0) is 9.47 Å². The maximum atomic E-state index is 12.5. The van der Waals surface area contributed by atoms with E-state index in [1.165, 1.54) is 4.90 Å². The first-order valence-corrected chi connectivity index (χ1v) is 8.01. The molecule has 0 aliphatic carbocycles. The minimum absolute atomic E-state index is 0.205. The molecule has 5 heteroatoms. The molecule has 0 unspecified atom stereocenters. The zero-order valence-corrected chi connectivity index (χ0v) is 14.9. The minimum atomic E-state index is -1.03. The van der Waals surface area contributed by atoms with Crippen LogP contribution in [0.1, 0.15) is 40.2 Å². The lowest BCUT2D eigenvalue weighted by atomic mass is 10.1. The predicted octanol–water partition coefficient (Wildman–Crippen LogP) is 2.77. The van der Waals surface area contributed by atoms with Crippen molar-refractivity contribution >= 4 is 6.09 Å². The first-order chi connectivity index (χ1) is 11.1. The summed E-state index contributed by atoms with van der Waals surface area (Å²) in [5, 5.41) is 10.5. The third kappa shape index (κ3) is 4.50. The highest BCUT2D eigenvalue weighted by molar-refractivity contribution is 5.70. The number of amides is 1. The van der Waals surface area contributed by atoms with Crippen LogP contribution in [-0.4, -0.2) is 46.2 Å². The number of rotatable bonds is 1. The highest BCUT2D eigenvalue weighted by Crippen LogP contribution is 2.30. The number of hydrogen-bond donors (Lipinski definition) is 1. The molecule has 1 heterocycles. The van der Waals surface area contributed by atoms with Gasteiger partial charge in [0.1, 0.15) is 17.4 Å². The van der Waals surface area contributed by atoms with Crippen molar-refractivity contribution < 1.29 is 19.4 Å². The van der Waals surface area contributed by atoms with Gasteiger partial charge in [-0.25, -0.2) is 4.79 Å². The summed E-state index contributed by atoms with van der Waals surface area (Å²) in [4.78, 5) is 14.0. The van der Waals surface area contributed by atoms with Gasteiger partial charge in [0.15, 0.2) is 0 Å². The van der Waals surface area contributed by atoms with Crippen LogP contribution in [0.15, 0.2) is 30.3 Å². The fourth-order valence-electron chi connectivity index (χ4n) is 2.51. The molecule has 1 amide bonds. The Morgan fingerprint density at radius 2 is 2.00 bits per heavy atom. The molecule has 0 aromatic heterocycles. The molecular weight excluding hydrogens is 306 g/mol. The molecule has 2 rings (SSSR count). The van der Waals surface area contributed by atoms with Crippen molar-refractivity contribution in [3.63, 3.8) is 0 Å². The van der Waals surface area contributed by atoms with Crippen LogP contribution in [0.2, 0.25) is 0 Å². The molecule has 1 aliphatic heterocycles. The number of ether oxygens (including phenoxy) is 2. The number of hydrogen-bond acceptors (Lipinski definition) is 4. The first-order valence-electron chi connectivity index (χ1n) is 8.01. The van der Waals surface area contributed by atoms with Crippen LogP contribution in [0, 0.1) is 11.8 Å². The molecule has 1 saturated heterocycles. The maximum Gasteiger partial charge on any atom is 0.413 e. The largest absolute Gasteiger partial charge is 0.444 e. The van der Waals surface area contributed by atoms with E-state index >= 15 is 0 Å². The molecule has 2 atom stereocenters. The quantitative estimate of drug-likeness (QED) is 0.804. The minimum Gasteiger partial charge on any atom is -0.444 e. The standard InChI is InChI=1S/C19H25NO4/c1-18(2,3)24-17(22)20-15(13-23-19(20,4)5)16(21)12-11-14-9-7-6-8-10-14/h6-10,15-16,21H,13H2,1-5H3/t15-,16+/m1/s1. The zero-order valence-electron chi connectivity index (χ0n) is 14.9. The maximum absolute atomic E-state index is 12.5. The van der Waals surface area contributed by atoms with Gasteiger partial charge in [0.05, 0.1) is 12.6 Å². The SMILES string of the molecule is CC(C)(C)OC(=O)N1[C@@H]([C@@H](O)C#Cc2ccccc2)COC1(C)C. The summed E-state index contributed by atoms with van der Waals surface area (Å²) < 4.78 is 11.1. The molecule has 0 spiro atoms. The summed E-state index contributed by atoms with van der Waals surface area (Å²) in [5.41, 5.74) is -0.679. The summed E-state index contributed by atoms with van der Waals surface area (Å²) in [7, 11) is 0. The Hall–Kier alpha value is -2.03. The van der Waals surface area contributed by atoms with Crippen molar-refractivity contribution in [1.29, 1.82) is 0 Å². The van der Waals surface area contributed by atoms with Gasteiger partial charge in [-0.3, -0.25) is 4.90 Å². The fourth-order valence-corrected chi connectivity index (χ4v) is 2.51. The Labute approximate surface area is 143 Å². The van der Waals surface area contributed by atoms with E-state index in [1.807, 2.05) is 30.3 Å². The second-order valence-corrected chi connectivity index (χ2v) is 7.26. The molecule has 130 valence electrons. The van der Waals surface area contributed by atoms with Crippen molar-refractivity contribution in [1.82, 2.24) is 4.90 Å². The number of carbonyl (C=O) groups excluding carboxylic acids is 1. The highest BCUT2D eigenvalue weighted by Gasteiger charge is 2.48. The third-order valence-electron chi connectivity index (χ3n) is 3.61. The molecule has 5 nitrogen and oxygen atoms in total. The van der Waals surface area contributed by atoms with Crippen molar-refractivity contribution in [2.45, 2.75) is 58.1 Å². The van der Waals surface area contributed by atoms with Gasteiger partial charge in [-0.2, -0.15) is 0 Å². The van der Waals surface area contributed by atoms with Gasteiger partial charge in [-0.15, -0.1) is 0 Å². The van der Waals surface area contributed by atoms with Crippen molar-refractivity contribution in [2.75, 3.05) is 6.61 Å². The Balaban J connectivity index is 2.18. The lowest BCUT2D eigenvalue weighted by Crippen LogP contribution is -2.53. The van der Waals surface area contributed by atoms with Gasteiger partial charge in [-0.05, 0) is 46.8 Å². The second kappa shape index (κ2) is 6.84. The van der Waals surface area contributed by atoms with E-state index in [0.29, 0.717) is 0 Å². The van der Waals surface area contributed by atoms with Crippen LogP contribution in [0.25, 0.3) is 0 Å². The van der Waals surface area contributed by atoms with E-state index < -0.39 is 29.6 Å². The smallest absolute Gasteiger partial charge is 0.413 e. The lowest BCUT2D eigenvalue weighted by molar-refractivity contribution is -0.0658. The summed E-state index contributed by atoms with van der Waals surface area (Å²) >= 11 is 0.